The van der Waals surface area contributed by atoms with Gasteiger partial charge < -0.3 is 24.0 Å². The Kier molecular flexibility index (Phi) is 7.27. The van der Waals surface area contributed by atoms with Crippen LogP contribution in [0.25, 0.3) is 16.6 Å². The van der Waals surface area contributed by atoms with E-state index in [4.69, 9.17) is 4.74 Å². The molecule has 1 N–H and O–H groups in total. The van der Waals surface area contributed by atoms with E-state index in [0.717, 1.165) is 5.52 Å². The largest absolute Gasteiger partial charge is 0.444 e. The van der Waals surface area contributed by atoms with Crippen molar-refractivity contribution < 1.29 is 23.8 Å². The van der Waals surface area contributed by atoms with Gasteiger partial charge in [0.05, 0.1) is 23.8 Å². The summed E-state index contributed by atoms with van der Waals surface area (Å²) in [7, 11) is 0. The number of hydrogen-bond donors (Lipinski definition) is 1. The lowest BCUT2D eigenvalue weighted by molar-refractivity contribution is 0.0139. The molecule has 3 heterocycles. The minimum absolute atomic E-state index is 0.0623. The molecule has 0 saturated carbocycles. The molecule has 4 rings (SSSR count). The Bertz CT molecular complexity index is 1380. The molecule has 0 radical (unpaired) electrons. The molecular formula is C29H37FN4O4. The zero-order chi connectivity index (χ0) is 28.0. The lowest BCUT2D eigenvalue weighted by atomic mass is 9.90. The molecule has 1 atom stereocenters. The van der Waals surface area contributed by atoms with Gasteiger partial charge in [0, 0.05) is 36.5 Å². The molecule has 1 fully saturated rings. The van der Waals surface area contributed by atoms with Crippen LogP contribution in [0, 0.1) is 12.7 Å². The Morgan fingerprint density at radius 3 is 2.58 bits per heavy atom. The molecule has 0 bridgehead atoms. The molecule has 2 amide bonds. The fourth-order valence-corrected chi connectivity index (χ4v) is 5.03. The number of amides is 2. The van der Waals surface area contributed by atoms with Crippen molar-refractivity contribution in [1.29, 1.82) is 0 Å². The number of rotatable bonds is 5. The van der Waals surface area contributed by atoms with E-state index in [2.05, 4.69) is 4.98 Å². The number of halogens is 1. The van der Waals surface area contributed by atoms with Crippen LogP contribution in [-0.4, -0.2) is 67.6 Å². The maximum absolute atomic E-state index is 14.5. The summed E-state index contributed by atoms with van der Waals surface area (Å²) >= 11 is 0. The lowest BCUT2D eigenvalue weighted by Crippen LogP contribution is -2.38. The molecule has 1 saturated heterocycles. The number of nitrogens with zero attached hydrogens (tertiary/aromatic N) is 4. The van der Waals surface area contributed by atoms with Crippen LogP contribution in [0.2, 0.25) is 0 Å². The summed E-state index contributed by atoms with van der Waals surface area (Å²) < 4.78 is 21.8. The number of benzene rings is 1. The molecule has 0 spiro atoms. The predicted molar refractivity (Wildman–Crippen MR) is 143 cm³/mol. The zero-order valence-electron chi connectivity index (χ0n) is 23.2. The van der Waals surface area contributed by atoms with Gasteiger partial charge in [-0.1, -0.05) is 6.07 Å². The number of aromatic nitrogens is 2. The molecule has 0 aliphatic carbocycles. The first-order valence-corrected chi connectivity index (χ1v) is 13.0. The number of β-amino-alcohol motifs (C(OH)–C–C–N with tert-alkyl or cyclic N) is 1. The maximum Gasteiger partial charge on any atom is 0.410 e. The monoisotopic (exact) mass is 524 g/mol. The van der Waals surface area contributed by atoms with Crippen molar-refractivity contribution in [2.45, 2.75) is 72.1 Å². The van der Waals surface area contributed by atoms with Crippen molar-refractivity contribution in [1.82, 2.24) is 19.2 Å². The molecular weight excluding hydrogens is 487 g/mol. The normalized spacial score (nSPS) is 17.9. The number of ether oxygens (including phenoxy) is 1. The van der Waals surface area contributed by atoms with Crippen LogP contribution in [0.3, 0.4) is 0 Å². The minimum atomic E-state index is -1.34. The number of pyridine rings is 1. The van der Waals surface area contributed by atoms with Crippen molar-refractivity contribution in [2.75, 3.05) is 19.6 Å². The highest BCUT2D eigenvalue weighted by molar-refractivity contribution is 6.03. The second kappa shape index (κ2) is 10.0. The summed E-state index contributed by atoms with van der Waals surface area (Å²) in [6.45, 7) is 13.9. The second-order valence-corrected chi connectivity index (χ2v) is 11.3. The number of carbonyl (C=O) groups excluding carboxylic acids is 2. The van der Waals surface area contributed by atoms with E-state index in [0.29, 0.717) is 42.0 Å². The SMILES string of the molecule is CCN(C(=O)c1cc(F)ccc1-c1cc(C2(O)CCN(C(=O)OC(C)(C)C)C2)cn2c(C)ncc12)C(C)C. The Balaban J connectivity index is 1.83. The smallest absolute Gasteiger partial charge is 0.410 e. The van der Waals surface area contributed by atoms with Gasteiger partial charge in [-0.05, 0) is 78.6 Å². The highest BCUT2D eigenvalue weighted by atomic mass is 19.1. The van der Waals surface area contributed by atoms with Gasteiger partial charge in [0.2, 0.25) is 0 Å². The predicted octanol–water partition coefficient (Wildman–Crippen LogP) is 5.15. The van der Waals surface area contributed by atoms with E-state index in [1.807, 2.05) is 44.4 Å². The van der Waals surface area contributed by atoms with Gasteiger partial charge >= 0.3 is 6.09 Å². The van der Waals surface area contributed by atoms with Crippen molar-refractivity contribution in [2.24, 2.45) is 0 Å². The van der Waals surface area contributed by atoms with Crippen molar-refractivity contribution in [3.63, 3.8) is 0 Å². The molecule has 1 unspecified atom stereocenters. The van der Waals surface area contributed by atoms with Gasteiger partial charge in [0.1, 0.15) is 22.8 Å². The maximum atomic E-state index is 14.5. The van der Waals surface area contributed by atoms with Crippen LogP contribution in [0.1, 0.15) is 69.7 Å². The lowest BCUT2D eigenvalue weighted by Gasteiger charge is -2.28. The molecule has 38 heavy (non-hydrogen) atoms. The van der Waals surface area contributed by atoms with Gasteiger partial charge in [-0.15, -0.1) is 0 Å². The molecule has 204 valence electrons. The molecule has 1 aromatic carbocycles. The first kappa shape index (κ1) is 27.6. The number of fused-ring (bicyclic) bond motifs is 1. The van der Waals surface area contributed by atoms with Crippen molar-refractivity contribution in [3.05, 3.63) is 59.4 Å². The van der Waals surface area contributed by atoms with E-state index in [1.54, 1.807) is 37.9 Å². The molecule has 3 aromatic rings. The molecule has 2 aromatic heterocycles. The number of likely N-dealkylation sites (tertiary alicyclic amines) is 1. The fraction of sp³-hybridized carbons (Fsp3) is 0.483. The first-order chi connectivity index (χ1) is 17.7. The summed E-state index contributed by atoms with van der Waals surface area (Å²) in [6.07, 6.45) is 3.36. The number of carbonyl (C=O) groups is 2. The Morgan fingerprint density at radius 2 is 1.95 bits per heavy atom. The quantitative estimate of drug-likeness (QED) is 0.499. The van der Waals surface area contributed by atoms with Crippen LogP contribution < -0.4 is 0 Å². The van der Waals surface area contributed by atoms with Crippen LogP contribution in [-0.2, 0) is 10.3 Å². The summed E-state index contributed by atoms with van der Waals surface area (Å²) in [5.74, 6) is -0.0790. The minimum Gasteiger partial charge on any atom is -0.444 e. The number of imidazole rings is 1. The van der Waals surface area contributed by atoms with E-state index in [9.17, 15) is 19.1 Å². The average Bonchev–Trinajstić information content (AvgIpc) is 3.41. The summed E-state index contributed by atoms with van der Waals surface area (Å²) in [5, 5.41) is 11.7. The topological polar surface area (TPSA) is 87.4 Å². The van der Waals surface area contributed by atoms with E-state index in [-0.39, 0.29) is 24.1 Å². The Hall–Kier alpha value is -3.46. The van der Waals surface area contributed by atoms with E-state index >= 15 is 0 Å². The van der Waals surface area contributed by atoms with Crippen molar-refractivity contribution >= 4 is 17.5 Å². The van der Waals surface area contributed by atoms with Gasteiger partial charge in [0.15, 0.2) is 0 Å². The fourth-order valence-electron chi connectivity index (χ4n) is 5.03. The van der Waals surface area contributed by atoms with Gasteiger partial charge in [0.25, 0.3) is 5.91 Å². The number of aryl methyl sites for hydroxylation is 1. The van der Waals surface area contributed by atoms with Crippen LogP contribution in [0.5, 0.6) is 0 Å². The Labute approximate surface area is 223 Å². The third kappa shape index (κ3) is 5.25. The highest BCUT2D eigenvalue weighted by Crippen LogP contribution is 2.38. The number of aliphatic hydroxyl groups is 1. The standard InChI is InChI=1S/C29H37FN4O4/c1-8-33(18(2)3)26(35)24-14-21(30)9-10-22(24)23-13-20(16-34-19(4)31-15-25(23)34)29(37)11-12-32(17-29)27(36)38-28(5,6)7/h9-10,13-16,18,37H,8,11-12,17H2,1-7H3. The second-order valence-electron chi connectivity index (χ2n) is 11.3. The summed E-state index contributed by atoms with van der Waals surface area (Å²) in [5.41, 5.74) is 0.756. The van der Waals surface area contributed by atoms with Crippen LogP contribution in [0.15, 0.2) is 36.7 Å². The van der Waals surface area contributed by atoms with Crippen LogP contribution in [0.4, 0.5) is 9.18 Å². The Morgan fingerprint density at radius 1 is 1.24 bits per heavy atom. The molecule has 9 heteroatoms. The zero-order valence-corrected chi connectivity index (χ0v) is 23.2. The van der Waals surface area contributed by atoms with E-state index < -0.39 is 23.1 Å². The van der Waals surface area contributed by atoms with Gasteiger partial charge in [-0.2, -0.15) is 0 Å². The average molecular weight is 525 g/mol. The van der Waals surface area contributed by atoms with E-state index in [1.165, 1.54) is 17.0 Å². The van der Waals surface area contributed by atoms with Crippen molar-refractivity contribution in [3.8, 4) is 11.1 Å². The van der Waals surface area contributed by atoms with Gasteiger partial charge in [-0.3, -0.25) is 4.79 Å². The summed E-state index contributed by atoms with van der Waals surface area (Å²) in [4.78, 5) is 33.9. The molecule has 1 aliphatic rings. The highest BCUT2D eigenvalue weighted by Gasteiger charge is 2.42. The summed E-state index contributed by atoms with van der Waals surface area (Å²) in [6, 6.07) is 5.96. The molecule has 1 aliphatic heterocycles. The first-order valence-electron chi connectivity index (χ1n) is 13.0. The third-order valence-electron chi connectivity index (χ3n) is 6.99. The number of hydrogen-bond acceptors (Lipinski definition) is 5. The molecule has 8 nitrogen and oxygen atoms in total. The van der Waals surface area contributed by atoms with Gasteiger partial charge in [-0.25, -0.2) is 14.2 Å². The van der Waals surface area contributed by atoms with Crippen LogP contribution >= 0.6 is 0 Å². The third-order valence-corrected chi connectivity index (χ3v) is 6.99.